The molecule has 0 saturated carbocycles. The topological polar surface area (TPSA) is 245 Å². The minimum absolute atomic E-state index is 0.00328. The van der Waals surface area contributed by atoms with Crippen LogP contribution in [0.4, 0.5) is 0 Å². The monoisotopic (exact) mass is 1090 g/mol. The van der Waals surface area contributed by atoms with Crippen LogP contribution in [0, 0.1) is 0 Å². The van der Waals surface area contributed by atoms with Crippen molar-refractivity contribution in [3.63, 3.8) is 0 Å². The first-order valence-corrected chi connectivity index (χ1v) is 32.0. The number of esters is 2. The quantitative estimate of drug-likeness (QED) is 0.0188. The maximum Gasteiger partial charge on any atom is 0.397 e. The summed E-state index contributed by atoms with van der Waals surface area (Å²) in [4.78, 5) is 26.8. The summed E-state index contributed by atoms with van der Waals surface area (Å²) in [5.41, 5.74) is 0. The van der Waals surface area contributed by atoms with Crippen LogP contribution in [-0.4, -0.2) is 125 Å². The van der Waals surface area contributed by atoms with Gasteiger partial charge in [0.15, 0.2) is 24.6 Å². The Bertz CT molecular complexity index is 1470. The number of ether oxygens (including phenoxy) is 5. The fraction of sp³-hybridized carbons (Fsp3) is 0.966. The molecule has 0 radical (unpaired) electrons. The smallest absolute Gasteiger partial charge is 0.397 e. The molecule has 0 unspecified atom stereocenters. The third-order valence-corrected chi connectivity index (χ3v) is 15.6. The minimum atomic E-state index is -5.29. The maximum atomic E-state index is 13.4. The predicted octanol–water partition coefficient (Wildman–Crippen LogP) is 12.0. The van der Waals surface area contributed by atoms with Crippen LogP contribution in [0.5, 0.6) is 0 Å². The number of aliphatic hydroxyl groups excluding tert-OH is 5. The van der Waals surface area contributed by atoms with E-state index in [1.807, 2.05) is 0 Å². The Morgan fingerprint density at radius 1 is 0.387 bits per heavy atom. The van der Waals surface area contributed by atoms with Gasteiger partial charge in [-0.3, -0.25) is 14.1 Å². The lowest BCUT2D eigenvalue weighted by atomic mass is 9.97. The molecule has 2 saturated heterocycles. The Labute approximate surface area is 454 Å². The molecule has 2 aliphatic rings. The van der Waals surface area contributed by atoms with Crippen molar-refractivity contribution in [3.05, 3.63) is 0 Å². The molecule has 0 aromatic carbocycles. The van der Waals surface area contributed by atoms with Crippen molar-refractivity contribution in [2.45, 2.75) is 345 Å². The number of hydrogen-bond donors (Lipinski definition) is 6. The second kappa shape index (κ2) is 45.2. The SMILES string of the molecule is CCCCCCCCCCCCCCCCCCCCCCCCCCCCCC(=O)O[C@H]1[C@H](O)[C@@H](CO)O[C@H](O[C@H]2O[C@H](CO)[C@@H](O)[C@H](O)[C@H]2OS(=O)(=O)O)[C@@H]1OC(=O)CCCCCCCCCCCCCCC. The first kappa shape index (κ1) is 69.6. The molecule has 2 fully saturated rings. The van der Waals surface area contributed by atoms with Gasteiger partial charge < -0.3 is 49.2 Å². The van der Waals surface area contributed by atoms with Gasteiger partial charge in [0.2, 0.25) is 6.29 Å². The molecule has 0 spiro atoms. The molecule has 6 N–H and O–H groups in total. The van der Waals surface area contributed by atoms with Crippen molar-refractivity contribution < 1.29 is 76.0 Å². The Hall–Kier alpha value is -1.51. The summed E-state index contributed by atoms with van der Waals surface area (Å²) in [5, 5.41) is 52.6. The largest absolute Gasteiger partial charge is 0.455 e. The van der Waals surface area contributed by atoms with E-state index in [0.717, 1.165) is 51.4 Å². The van der Waals surface area contributed by atoms with E-state index in [9.17, 15) is 48.1 Å². The zero-order valence-electron chi connectivity index (χ0n) is 47.1. The zero-order valence-corrected chi connectivity index (χ0v) is 47.9. The average Bonchev–Trinajstić information content (AvgIpc) is 3.38. The highest BCUT2D eigenvalue weighted by atomic mass is 32.3. The van der Waals surface area contributed by atoms with E-state index in [1.54, 1.807) is 0 Å². The highest BCUT2D eigenvalue weighted by Gasteiger charge is 2.54. The lowest BCUT2D eigenvalue weighted by Crippen LogP contribution is -2.65. The third-order valence-electron chi connectivity index (χ3n) is 15.1. The summed E-state index contributed by atoms with van der Waals surface area (Å²) in [6, 6.07) is 0. The van der Waals surface area contributed by atoms with Crippen LogP contribution >= 0.6 is 0 Å². The van der Waals surface area contributed by atoms with Gasteiger partial charge in [0.1, 0.15) is 30.5 Å². The molecule has 2 rings (SSSR count). The Kier molecular flexibility index (Phi) is 42.0. The summed E-state index contributed by atoms with van der Waals surface area (Å²) in [6.07, 6.45) is 30.7. The van der Waals surface area contributed by atoms with Crippen molar-refractivity contribution in [2.75, 3.05) is 13.2 Å². The number of aliphatic hydroxyl groups is 5. The van der Waals surface area contributed by atoms with Crippen LogP contribution in [-0.2, 0) is 47.9 Å². The summed E-state index contributed by atoms with van der Waals surface area (Å²) in [5.74, 6) is -1.44. The van der Waals surface area contributed by atoms with Gasteiger partial charge in [0.05, 0.1) is 13.2 Å². The van der Waals surface area contributed by atoms with E-state index in [-0.39, 0.29) is 12.8 Å². The third kappa shape index (κ3) is 33.6. The van der Waals surface area contributed by atoms with Crippen LogP contribution in [0.1, 0.15) is 284 Å². The lowest BCUT2D eigenvalue weighted by molar-refractivity contribution is -0.374. The van der Waals surface area contributed by atoms with Gasteiger partial charge in [0.25, 0.3) is 0 Å². The summed E-state index contributed by atoms with van der Waals surface area (Å²) < 4.78 is 66.4. The summed E-state index contributed by atoms with van der Waals surface area (Å²) >= 11 is 0. The van der Waals surface area contributed by atoms with Gasteiger partial charge in [-0.2, -0.15) is 8.42 Å². The Balaban J connectivity index is 1.77. The molecule has 75 heavy (non-hydrogen) atoms. The van der Waals surface area contributed by atoms with Crippen LogP contribution in [0.3, 0.4) is 0 Å². The molecular weight excluding hydrogens is 985 g/mol. The van der Waals surface area contributed by atoms with Gasteiger partial charge in [-0.25, -0.2) is 4.18 Å². The number of hydrogen-bond acceptors (Lipinski definition) is 15. The van der Waals surface area contributed by atoms with E-state index < -0.39 is 97.0 Å². The molecule has 16 nitrogen and oxygen atoms in total. The van der Waals surface area contributed by atoms with E-state index in [0.29, 0.717) is 12.8 Å². The van der Waals surface area contributed by atoms with Crippen LogP contribution in [0.2, 0.25) is 0 Å². The molecule has 0 aromatic heterocycles. The fourth-order valence-electron chi connectivity index (χ4n) is 10.4. The molecule has 10 atom stereocenters. The Morgan fingerprint density at radius 2 is 0.653 bits per heavy atom. The minimum Gasteiger partial charge on any atom is -0.455 e. The van der Waals surface area contributed by atoms with Gasteiger partial charge in [-0.15, -0.1) is 0 Å². The number of rotatable bonds is 50. The number of carbonyl (C=O) groups is 2. The van der Waals surface area contributed by atoms with Crippen molar-refractivity contribution in [2.24, 2.45) is 0 Å². The van der Waals surface area contributed by atoms with Gasteiger partial charge in [-0.05, 0) is 12.8 Å². The molecule has 0 bridgehead atoms. The van der Waals surface area contributed by atoms with E-state index >= 15 is 0 Å². The second-order valence-electron chi connectivity index (χ2n) is 21.9. The van der Waals surface area contributed by atoms with E-state index in [4.69, 9.17) is 23.7 Å². The average molecular weight is 1100 g/mol. The Morgan fingerprint density at radius 3 is 0.947 bits per heavy atom. The van der Waals surface area contributed by atoms with Crippen molar-refractivity contribution in [1.82, 2.24) is 0 Å². The van der Waals surface area contributed by atoms with Crippen molar-refractivity contribution in [3.8, 4) is 0 Å². The van der Waals surface area contributed by atoms with Crippen LogP contribution in [0.25, 0.3) is 0 Å². The van der Waals surface area contributed by atoms with E-state index in [2.05, 4.69) is 18.0 Å². The maximum absolute atomic E-state index is 13.4. The van der Waals surface area contributed by atoms with Gasteiger partial charge in [-0.1, -0.05) is 258 Å². The molecule has 0 aromatic rings. The number of carbonyl (C=O) groups excluding carboxylic acids is 2. The molecule has 0 aliphatic carbocycles. The normalized spacial score (nSPS) is 24.2. The first-order chi connectivity index (χ1) is 36.4. The molecule has 2 aliphatic heterocycles. The van der Waals surface area contributed by atoms with Crippen molar-refractivity contribution >= 4 is 22.3 Å². The highest BCUT2D eigenvalue weighted by molar-refractivity contribution is 7.80. The first-order valence-electron chi connectivity index (χ1n) is 30.6. The molecule has 17 heteroatoms. The molecule has 444 valence electrons. The lowest BCUT2D eigenvalue weighted by Gasteiger charge is -2.46. The fourth-order valence-corrected chi connectivity index (χ4v) is 10.9. The van der Waals surface area contributed by atoms with Gasteiger partial charge >= 0.3 is 22.3 Å². The molecule has 0 amide bonds. The van der Waals surface area contributed by atoms with Crippen LogP contribution in [0.15, 0.2) is 0 Å². The predicted molar refractivity (Wildman–Crippen MR) is 292 cm³/mol. The number of unbranched alkanes of at least 4 members (excludes halogenated alkanes) is 38. The van der Waals surface area contributed by atoms with Crippen molar-refractivity contribution in [1.29, 1.82) is 0 Å². The summed E-state index contributed by atoms with van der Waals surface area (Å²) in [7, 11) is -5.29. The van der Waals surface area contributed by atoms with Gasteiger partial charge in [0, 0.05) is 12.8 Å². The van der Waals surface area contributed by atoms with E-state index in [1.165, 1.54) is 193 Å². The zero-order chi connectivity index (χ0) is 54.8. The standard InChI is InChI=1S/C58H110O16S/c1-3-5-7-9-11-13-15-17-18-19-20-21-22-23-24-25-26-27-28-29-30-32-34-35-37-39-41-43-49(61)71-54-52(64)48(46-60)70-58(73-57-55(74-75(66,67)68)53(65)51(63)47(45-59)69-57)56(54)72-50(62)44-42-40-38-36-33-31-16-14-12-10-8-6-4-2/h47-48,51-60,63-65H,3-46H2,1-2H3,(H,66,67,68)/t47-,48-,51-,52-,53+,54+,55-,56-,57-,58-/m1/s1. The van der Waals surface area contributed by atoms with Crippen LogP contribution < -0.4 is 0 Å². The highest BCUT2D eigenvalue weighted by Crippen LogP contribution is 2.33. The second-order valence-corrected chi connectivity index (χ2v) is 22.9. The molecule has 2 heterocycles. The molecular formula is C58H110O16S. The summed E-state index contributed by atoms with van der Waals surface area (Å²) in [6.45, 7) is 2.82.